The third-order valence-corrected chi connectivity index (χ3v) is 11.0. The van der Waals surface area contributed by atoms with Crippen molar-refractivity contribution in [3.8, 4) is 0 Å². The minimum absolute atomic E-state index is 0.562. The minimum Gasteiger partial charge on any atom is -0.297 e. The van der Waals surface area contributed by atoms with E-state index in [1.165, 1.54) is 103 Å². The first-order valence-corrected chi connectivity index (χ1v) is 14.5. The summed E-state index contributed by atoms with van der Waals surface area (Å²) in [6.45, 7) is 5.30. The number of nitrogens with zero attached hydrogens (tertiary/aromatic N) is 2. The fraction of sp³-hybridized carbons (Fsp3) is 0.625. The molecule has 2 spiro atoms. The van der Waals surface area contributed by atoms with Gasteiger partial charge in [-0.25, -0.2) is 0 Å². The predicted molar refractivity (Wildman–Crippen MR) is 141 cm³/mol. The van der Waals surface area contributed by atoms with Crippen molar-refractivity contribution >= 4 is 0 Å². The van der Waals surface area contributed by atoms with Crippen LogP contribution in [0.2, 0.25) is 0 Å². The van der Waals surface area contributed by atoms with Crippen molar-refractivity contribution in [3.63, 3.8) is 0 Å². The molecule has 2 heteroatoms. The predicted octanol–water partition coefficient (Wildman–Crippen LogP) is 6.69. The number of fused-ring (bicyclic) bond motifs is 4. The average molecular weight is 455 g/mol. The summed E-state index contributed by atoms with van der Waals surface area (Å²) >= 11 is 0. The van der Waals surface area contributed by atoms with Gasteiger partial charge < -0.3 is 0 Å². The van der Waals surface area contributed by atoms with Crippen LogP contribution in [0.25, 0.3) is 0 Å². The third-order valence-electron chi connectivity index (χ3n) is 11.0. The van der Waals surface area contributed by atoms with Crippen LogP contribution in [0, 0.1) is 0 Å². The molecule has 0 aromatic heterocycles. The van der Waals surface area contributed by atoms with E-state index >= 15 is 0 Å². The van der Waals surface area contributed by atoms with Crippen molar-refractivity contribution in [1.29, 1.82) is 0 Å². The molecule has 4 heterocycles. The van der Waals surface area contributed by atoms with Crippen molar-refractivity contribution in [1.82, 2.24) is 9.80 Å². The Kier molecular flexibility index (Phi) is 5.40. The molecule has 8 rings (SSSR count). The van der Waals surface area contributed by atoms with Gasteiger partial charge in [0.2, 0.25) is 0 Å². The molecule has 0 radical (unpaired) electrons. The number of rotatable bonds is 0. The highest BCUT2D eigenvalue weighted by atomic mass is 15.2. The summed E-state index contributed by atoms with van der Waals surface area (Å²) < 4.78 is 0. The van der Waals surface area contributed by atoms with Crippen molar-refractivity contribution in [2.75, 3.05) is 26.2 Å². The number of hydrogen-bond donors (Lipinski definition) is 0. The quantitative estimate of drug-likeness (QED) is 0.437. The molecule has 2 aromatic carbocycles. The van der Waals surface area contributed by atoms with Crippen LogP contribution in [-0.2, 0) is 12.8 Å². The second-order valence-electron chi connectivity index (χ2n) is 12.2. The molecule has 4 atom stereocenters. The van der Waals surface area contributed by atoms with E-state index < -0.39 is 0 Å². The third kappa shape index (κ3) is 3.21. The topological polar surface area (TPSA) is 6.48 Å². The van der Waals surface area contributed by atoms with E-state index in [1.54, 1.807) is 22.3 Å². The Hall–Kier alpha value is -1.64. The highest BCUT2D eigenvalue weighted by Gasteiger charge is 2.52. The summed E-state index contributed by atoms with van der Waals surface area (Å²) in [7, 11) is 0. The second kappa shape index (κ2) is 8.49. The standard InChI is InChI=1S/2C16H21N/c2*1-2-6-14-13(5-1)8-12-17-11-4-10-16(17)9-3-7-15(14)16/h2*1-2,5-6,15H,3-4,7-12H2. The van der Waals surface area contributed by atoms with Gasteiger partial charge in [0.05, 0.1) is 0 Å². The van der Waals surface area contributed by atoms with Crippen LogP contribution in [-0.4, -0.2) is 47.1 Å². The molecule has 4 unspecified atom stereocenters. The van der Waals surface area contributed by atoms with E-state index in [0.717, 1.165) is 11.8 Å². The Morgan fingerprint density at radius 1 is 0.529 bits per heavy atom. The molecule has 2 aliphatic carbocycles. The van der Waals surface area contributed by atoms with Gasteiger partial charge >= 0.3 is 0 Å². The molecular weight excluding hydrogens is 412 g/mol. The molecule has 2 nitrogen and oxygen atoms in total. The van der Waals surface area contributed by atoms with Crippen LogP contribution in [0.5, 0.6) is 0 Å². The maximum absolute atomic E-state index is 2.84. The van der Waals surface area contributed by atoms with Crippen molar-refractivity contribution in [3.05, 3.63) is 70.8 Å². The van der Waals surface area contributed by atoms with Crippen molar-refractivity contribution < 1.29 is 0 Å². The van der Waals surface area contributed by atoms with Gasteiger partial charge in [0, 0.05) is 36.0 Å². The Morgan fingerprint density at radius 3 is 1.47 bits per heavy atom. The number of hydrogen-bond acceptors (Lipinski definition) is 2. The highest BCUT2D eigenvalue weighted by Crippen LogP contribution is 2.55. The second-order valence-corrected chi connectivity index (χ2v) is 12.2. The van der Waals surface area contributed by atoms with Gasteiger partial charge in [0.25, 0.3) is 0 Å². The fourth-order valence-corrected chi connectivity index (χ4v) is 9.65. The summed E-state index contributed by atoms with van der Waals surface area (Å²) in [5.74, 6) is 1.67. The largest absolute Gasteiger partial charge is 0.297 e. The minimum atomic E-state index is 0.562. The first-order chi connectivity index (χ1) is 16.8. The van der Waals surface area contributed by atoms with Crippen LogP contribution < -0.4 is 0 Å². The summed E-state index contributed by atoms with van der Waals surface area (Å²) in [5, 5.41) is 0. The van der Waals surface area contributed by atoms with Crippen molar-refractivity contribution in [2.24, 2.45) is 0 Å². The molecule has 180 valence electrons. The molecule has 34 heavy (non-hydrogen) atoms. The van der Waals surface area contributed by atoms with Gasteiger partial charge in [0.15, 0.2) is 0 Å². The summed E-state index contributed by atoms with van der Waals surface area (Å²) in [5.41, 5.74) is 7.77. The molecule has 2 saturated carbocycles. The lowest BCUT2D eigenvalue weighted by molar-refractivity contribution is 0.133. The highest BCUT2D eigenvalue weighted by molar-refractivity contribution is 5.38. The maximum Gasteiger partial charge on any atom is 0.0278 e. The van der Waals surface area contributed by atoms with E-state index in [2.05, 4.69) is 58.3 Å². The van der Waals surface area contributed by atoms with Gasteiger partial charge in [0.1, 0.15) is 0 Å². The lowest BCUT2D eigenvalue weighted by atomic mass is 9.79. The molecule has 0 N–H and O–H groups in total. The first kappa shape index (κ1) is 21.6. The first-order valence-electron chi connectivity index (χ1n) is 14.5. The van der Waals surface area contributed by atoms with Crippen LogP contribution in [0.1, 0.15) is 98.3 Å². The SMILES string of the molecule is c1ccc2c(c1)CCN1CCCC13CCCC23.c1ccc2c(c1)CCN1CCCC13CCCC23. The Bertz CT molecular complexity index is 953. The van der Waals surface area contributed by atoms with Crippen LogP contribution in [0.3, 0.4) is 0 Å². The van der Waals surface area contributed by atoms with E-state index in [9.17, 15) is 0 Å². The molecule has 0 bridgehead atoms. The molecule has 2 saturated heterocycles. The lowest BCUT2D eigenvalue weighted by Crippen LogP contribution is -2.45. The smallest absolute Gasteiger partial charge is 0.0278 e. The maximum atomic E-state index is 2.84. The summed E-state index contributed by atoms with van der Waals surface area (Å²) in [4.78, 5) is 5.68. The van der Waals surface area contributed by atoms with E-state index in [0.29, 0.717) is 11.1 Å². The van der Waals surface area contributed by atoms with Gasteiger partial charge in [-0.05, 0) is 99.6 Å². The molecule has 4 aliphatic heterocycles. The van der Waals surface area contributed by atoms with Crippen LogP contribution in [0.4, 0.5) is 0 Å². The Balaban J connectivity index is 0.000000118. The molecule has 2 aromatic rings. The zero-order valence-electron chi connectivity index (χ0n) is 21.0. The van der Waals surface area contributed by atoms with Gasteiger partial charge in [-0.3, -0.25) is 9.80 Å². The molecule has 0 amide bonds. The lowest BCUT2D eigenvalue weighted by Gasteiger charge is -2.39. The molecule has 6 aliphatic rings. The van der Waals surface area contributed by atoms with E-state index in [1.807, 2.05) is 0 Å². The van der Waals surface area contributed by atoms with Gasteiger partial charge in [-0.1, -0.05) is 61.4 Å². The van der Waals surface area contributed by atoms with Crippen LogP contribution >= 0.6 is 0 Å². The number of benzene rings is 2. The summed E-state index contributed by atoms with van der Waals surface area (Å²) in [6, 6.07) is 18.5. The normalized spacial score (nSPS) is 36.1. The molecular formula is C32H42N2. The van der Waals surface area contributed by atoms with Gasteiger partial charge in [-0.15, -0.1) is 0 Å². The Labute approximate surface area is 206 Å². The van der Waals surface area contributed by atoms with Crippen molar-refractivity contribution in [2.45, 2.75) is 100.0 Å². The average Bonchev–Trinajstić information content (AvgIpc) is 3.66. The van der Waals surface area contributed by atoms with Crippen LogP contribution in [0.15, 0.2) is 48.5 Å². The zero-order valence-corrected chi connectivity index (χ0v) is 21.0. The van der Waals surface area contributed by atoms with Gasteiger partial charge in [-0.2, -0.15) is 0 Å². The summed E-state index contributed by atoms with van der Waals surface area (Å²) in [6.07, 6.45) is 16.9. The van der Waals surface area contributed by atoms with E-state index in [4.69, 9.17) is 0 Å². The Morgan fingerprint density at radius 2 is 0.971 bits per heavy atom. The zero-order chi connectivity index (χ0) is 22.6. The fourth-order valence-electron chi connectivity index (χ4n) is 9.65. The van der Waals surface area contributed by atoms with E-state index in [-0.39, 0.29) is 0 Å². The monoisotopic (exact) mass is 454 g/mol. The molecule has 4 fully saturated rings.